The number of imidazole rings is 1. The molecule has 1 saturated heterocycles. The minimum Gasteiger partial charge on any atom is -0.332 e. The molecule has 0 N–H and O–H groups in total. The molecule has 1 aliphatic heterocycles. The summed E-state index contributed by atoms with van der Waals surface area (Å²) in [6, 6.07) is 5.72. The average molecular weight is 402 g/mol. The molecule has 28 heavy (non-hydrogen) atoms. The van der Waals surface area contributed by atoms with Crippen LogP contribution in [-0.4, -0.2) is 35.4 Å². The van der Waals surface area contributed by atoms with Gasteiger partial charge in [-0.05, 0) is 74.6 Å². The predicted molar refractivity (Wildman–Crippen MR) is 111 cm³/mol. The standard InChI is InChI=1S/C22H31N3O2S/c1-3-11-25-17(2)16-23-22(25)14-18-9-12-24(13-10-18)28(26,27)21-8-7-19-5-4-6-20(19)15-21/h7-8,15-16,18H,3-6,9-14H2,1-2H3. The Labute approximate surface area is 168 Å². The molecule has 2 aromatic rings. The zero-order valence-electron chi connectivity index (χ0n) is 17.0. The van der Waals surface area contributed by atoms with Crippen LogP contribution in [0.25, 0.3) is 0 Å². The fraction of sp³-hybridized carbons (Fsp3) is 0.591. The molecule has 0 amide bonds. The molecule has 4 rings (SSSR count). The molecule has 1 aromatic heterocycles. The third-order valence-electron chi connectivity index (χ3n) is 6.34. The lowest BCUT2D eigenvalue weighted by molar-refractivity contribution is 0.268. The van der Waals surface area contributed by atoms with E-state index in [-0.39, 0.29) is 0 Å². The summed E-state index contributed by atoms with van der Waals surface area (Å²) >= 11 is 0. The van der Waals surface area contributed by atoms with Crippen molar-refractivity contribution in [2.45, 2.75) is 70.2 Å². The van der Waals surface area contributed by atoms with Gasteiger partial charge in [0.15, 0.2) is 0 Å². The van der Waals surface area contributed by atoms with Crippen LogP contribution in [-0.2, 0) is 35.8 Å². The van der Waals surface area contributed by atoms with Crippen molar-refractivity contribution in [2.24, 2.45) is 5.92 Å². The third kappa shape index (κ3) is 3.77. The number of hydrogen-bond donors (Lipinski definition) is 0. The average Bonchev–Trinajstić information content (AvgIpc) is 3.30. The minimum absolute atomic E-state index is 0.473. The molecule has 0 unspecified atom stereocenters. The molecule has 1 aromatic carbocycles. The van der Waals surface area contributed by atoms with Gasteiger partial charge >= 0.3 is 0 Å². The van der Waals surface area contributed by atoms with Crippen molar-refractivity contribution >= 4 is 10.0 Å². The zero-order valence-corrected chi connectivity index (χ0v) is 17.8. The number of sulfonamides is 1. The van der Waals surface area contributed by atoms with Crippen LogP contribution in [0.5, 0.6) is 0 Å². The predicted octanol–water partition coefficient (Wildman–Crippen LogP) is 3.73. The second-order valence-corrected chi connectivity index (χ2v) is 10.2. The van der Waals surface area contributed by atoms with E-state index in [4.69, 9.17) is 0 Å². The number of aryl methyl sites for hydroxylation is 3. The molecule has 1 fully saturated rings. The van der Waals surface area contributed by atoms with Crippen molar-refractivity contribution in [1.82, 2.24) is 13.9 Å². The monoisotopic (exact) mass is 401 g/mol. The third-order valence-corrected chi connectivity index (χ3v) is 8.23. The molecule has 0 saturated carbocycles. The summed E-state index contributed by atoms with van der Waals surface area (Å²) in [4.78, 5) is 5.08. The first kappa shape index (κ1) is 19.6. The Morgan fingerprint density at radius 3 is 2.64 bits per heavy atom. The van der Waals surface area contributed by atoms with Gasteiger partial charge in [0, 0.05) is 37.9 Å². The lowest BCUT2D eigenvalue weighted by Gasteiger charge is -2.31. The van der Waals surface area contributed by atoms with Crippen molar-refractivity contribution in [3.63, 3.8) is 0 Å². The van der Waals surface area contributed by atoms with E-state index < -0.39 is 10.0 Å². The highest BCUT2D eigenvalue weighted by Gasteiger charge is 2.30. The second-order valence-electron chi connectivity index (χ2n) is 8.30. The Balaban J connectivity index is 1.41. The first-order chi connectivity index (χ1) is 13.5. The van der Waals surface area contributed by atoms with Crippen molar-refractivity contribution in [3.05, 3.63) is 47.0 Å². The van der Waals surface area contributed by atoms with Gasteiger partial charge < -0.3 is 4.57 Å². The molecular weight excluding hydrogens is 370 g/mol. The summed E-state index contributed by atoms with van der Waals surface area (Å²) in [5.41, 5.74) is 3.75. The van der Waals surface area contributed by atoms with Gasteiger partial charge in [-0.25, -0.2) is 13.4 Å². The molecule has 5 nitrogen and oxygen atoms in total. The largest absolute Gasteiger partial charge is 0.332 e. The van der Waals surface area contributed by atoms with E-state index in [9.17, 15) is 8.42 Å². The lowest BCUT2D eigenvalue weighted by Crippen LogP contribution is -2.39. The summed E-state index contributed by atoms with van der Waals surface area (Å²) < 4.78 is 30.2. The summed E-state index contributed by atoms with van der Waals surface area (Å²) in [5, 5.41) is 0. The number of hydrogen-bond acceptors (Lipinski definition) is 3. The van der Waals surface area contributed by atoms with E-state index >= 15 is 0 Å². The Morgan fingerprint density at radius 2 is 1.89 bits per heavy atom. The topological polar surface area (TPSA) is 55.2 Å². The van der Waals surface area contributed by atoms with Crippen LogP contribution in [0.3, 0.4) is 0 Å². The highest BCUT2D eigenvalue weighted by Crippen LogP contribution is 2.29. The second kappa shape index (κ2) is 7.99. The van der Waals surface area contributed by atoms with E-state index in [0.717, 1.165) is 57.3 Å². The fourth-order valence-corrected chi connectivity index (χ4v) is 6.19. The molecule has 0 spiro atoms. The van der Waals surface area contributed by atoms with Crippen LogP contribution in [0.1, 0.15) is 55.3 Å². The van der Waals surface area contributed by atoms with Crippen LogP contribution in [0, 0.1) is 12.8 Å². The molecule has 152 valence electrons. The van der Waals surface area contributed by atoms with Gasteiger partial charge in [-0.15, -0.1) is 0 Å². The summed E-state index contributed by atoms with van der Waals surface area (Å²) in [5.74, 6) is 1.66. The van der Waals surface area contributed by atoms with Crippen molar-refractivity contribution in [3.8, 4) is 0 Å². The number of nitrogens with zero attached hydrogens (tertiary/aromatic N) is 3. The number of rotatable bonds is 6. The quantitative estimate of drug-likeness (QED) is 0.741. The summed E-state index contributed by atoms with van der Waals surface area (Å²) in [6.07, 6.45) is 9.03. The van der Waals surface area contributed by atoms with Gasteiger partial charge in [-0.2, -0.15) is 4.31 Å². The normalized spacial score (nSPS) is 18.5. The molecule has 6 heteroatoms. The van der Waals surface area contributed by atoms with Crippen LogP contribution in [0.2, 0.25) is 0 Å². The Hall–Kier alpha value is -1.66. The minimum atomic E-state index is -3.38. The van der Waals surface area contributed by atoms with Gasteiger partial charge in [0.05, 0.1) is 4.90 Å². The maximum Gasteiger partial charge on any atom is 0.243 e. The molecule has 0 radical (unpaired) electrons. The fourth-order valence-electron chi connectivity index (χ4n) is 4.67. The molecule has 0 atom stereocenters. The van der Waals surface area contributed by atoms with Crippen LogP contribution < -0.4 is 0 Å². The highest BCUT2D eigenvalue weighted by molar-refractivity contribution is 7.89. The van der Waals surface area contributed by atoms with Gasteiger partial charge in [-0.3, -0.25) is 0 Å². The SMILES string of the molecule is CCCn1c(C)cnc1CC1CCN(S(=O)(=O)c2ccc3c(c2)CCC3)CC1. The first-order valence-electron chi connectivity index (χ1n) is 10.6. The number of benzene rings is 1. The number of fused-ring (bicyclic) bond motifs is 1. The van der Waals surface area contributed by atoms with E-state index in [2.05, 4.69) is 23.4 Å². The van der Waals surface area contributed by atoms with Gasteiger partial charge in [0.1, 0.15) is 5.82 Å². The Kier molecular flexibility index (Phi) is 5.61. The Morgan fingerprint density at radius 1 is 1.14 bits per heavy atom. The van der Waals surface area contributed by atoms with Gasteiger partial charge in [0.25, 0.3) is 0 Å². The number of piperidine rings is 1. The molecule has 2 aliphatic rings. The van der Waals surface area contributed by atoms with E-state index in [1.807, 2.05) is 18.3 Å². The van der Waals surface area contributed by atoms with E-state index in [1.54, 1.807) is 10.4 Å². The Bertz CT molecular complexity index is 941. The van der Waals surface area contributed by atoms with E-state index in [1.165, 1.54) is 16.8 Å². The van der Waals surface area contributed by atoms with Crippen molar-refractivity contribution < 1.29 is 8.42 Å². The highest BCUT2D eigenvalue weighted by atomic mass is 32.2. The van der Waals surface area contributed by atoms with Crippen LogP contribution in [0.4, 0.5) is 0 Å². The zero-order chi connectivity index (χ0) is 19.7. The summed E-state index contributed by atoms with van der Waals surface area (Å²) in [6.45, 7) is 6.52. The molecule has 2 heterocycles. The van der Waals surface area contributed by atoms with Crippen molar-refractivity contribution in [2.75, 3.05) is 13.1 Å². The van der Waals surface area contributed by atoms with Crippen LogP contribution >= 0.6 is 0 Å². The smallest absolute Gasteiger partial charge is 0.243 e. The van der Waals surface area contributed by atoms with E-state index in [0.29, 0.717) is 23.9 Å². The molecule has 1 aliphatic carbocycles. The first-order valence-corrected chi connectivity index (χ1v) is 12.1. The lowest BCUT2D eigenvalue weighted by atomic mass is 9.94. The maximum atomic E-state index is 13.1. The van der Waals surface area contributed by atoms with Crippen molar-refractivity contribution in [1.29, 1.82) is 0 Å². The maximum absolute atomic E-state index is 13.1. The molecular formula is C22H31N3O2S. The van der Waals surface area contributed by atoms with Gasteiger partial charge in [0.2, 0.25) is 10.0 Å². The molecule has 0 bridgehead atoms. The van der Waals surface area contributed by atoms with Crippen LogP contribution in [0.15, 0.2) is 29.3 Å². The number of aromatic nitrogens is 2. The summed E-state index contributed by atoms with van der Waals surface area (Å²) in [7, 11) is -3.38. The van der Waals surface area contributed by atoms with Gasteiger partial charge in [-0.1, -0.05) is 13.0 Å².